The first-order chi connectivity index (χ1) is 9.46. The Morgan fingerprint density at radius 1 is 1.20 bits per heavy atom. The van der Waals surface area contributed by atoms with Crippen molar-refractivity contribution in [1.29, 1.82) is 0 Å². The minimum Gasteiger partial charge on any atom is -0.362 e. The monoisotopic (exact) mass is 303 g/mol. The Hall–Kier alpha value is -1.50. The van der Waals surface area contributed by atoms with Crippen LogP contribution in [0, 0.1) is 0 Å². The Kier molecular flexibility index (Phi) is 4.37. The fourth-order valence-electron chi connectivity index (χ4n) is 2.35. The Morgan fingerprint density at radius 3 is 2.40 bits per heavy atom. The number of aldehydes is 1. The minimum atomic E-state index is -4.56. The molecular weight excluding hydrogens is 288 g/mol. The van der Waals surface area contributed by atoms with Crippen molar-refractivity contribution in [2.24, 2.45) is 0 Å². The second-order valence-electron chi connectivity index (χ2n) is 4.69. The lowest BCUT2D eigenvalue weighted by molar-refractivity contribution is -0.109. The SMILES string of the molecule is O=CC1CCCCN1c1ccc(S(=O)(=O)C(F)F)cc1. The highest BCUT2D eigenvalue weighted by Crippen LogP contribution is 2.26. The third-order valence-corrected chi connectivity index (χ3v) is 4.84. The van der Waals surface area contributed by atoms with Crippen LogP contribution in [0.15, 0.2) is 29.2 Å². The molecule has 1 saturated heterocycles. The van der Waals surface area contributed by atoms with Crippen molar-refractivity contribution < 1.29 is 22.0 Å². The standard InChI is InChI=1S/C13H15F2NO3S/c14-13(15)20(18,19)12-6-4-10(5-7-12)16-8-2-1-3-11(16)9-17/h4-7,9,11,13H,1-3,8H2. The Labute approximate surface area is 116 Å². The molecule has 0 aromatic heterocycles. The molecule has 1 aliphatic heterocycles. The zero-order valence-electron chi connectivity index (χ0n) is 10.7. The minimum absolute atomic E-state index is 0.235. The fraction of sp³-hybridized carbons (Fsp3) is 0.462. The second kappa shape index (κ2) is 5.87. The van der Waals surface area contributed by atoms with Crippen LogP contribution in [0.1, 0.15) is 19.3 Å². The summed E-state index contributed by atoms with van der Waals surface area (Å²) in [6.45, 7) is 0.699. The van der Waals surface area contributed by atoms with Gasteiger partial charge >= 0.3 is 5.76 Å². The van der Waals surface area contributed by atoms with E-state index in [4.69, 9.17) is 0 Å². The third kappa shape index (κ3) is 2.82. The maximum absolute atomic E-state index is 12.4. The van der Waals surface area contributed by atoms with E-state index in [1.165, 1.54) is 12.1 Å². The van der Waals surface area contributed by atoms with E-state index >= 15 is 0 Å². The van der Waals surface area contributed by atoms with E-state index in [0.29, 0.717) is 12.2 Å². The highest BCUT2D eigenvalue weighted by molar-refractivity contribution is 7.91. The Bertz CT molecular complexity index is 572. The first-order valence-electron chi connectivity index (χ1n) is 6.31. The van der Waals surface area contributed by atoms with Crippen LogP contribution in [0.2, 0.25) is 0 Å². The predicted octanol–water partition coefficient (Wildman–Crippen LogP) is 2.24. The molecule has 0 saturated carbocycles. The van der Waals surface area contributed by atoms with Gasteiger partial charge in [-0.3, -0.25) is 0 Å². The lowest BCUT2D eigenvalue weighted by atomic mass is 10.0. The van der Waals surface area contributed by atoms with E-state index < -0.39 is 20.5 Å². The van der Waals surface area contributed by atoms with Crippen molar-refractivity contribution in [3.8, 4) is 0 Å². The van der Waals surface area contributed by atoms with Gasteiger partial charge in [-0.1, -0.05) is 0 Å². The lowest BCUT2D eigenvalue weighted by Crippen LogP contribution is -2.40. The van der Waals surface area contributed by atoms with E-state index in [0.717, 1.165) is 37.7 Å². The summed E-state index contributed by atoms with van der Waals surface area (Å²) in [6, 6.07) is 5.02. The van der Waals surface area contributed by atoms with Gasteiger partial charge in [0.15, 0.2) is 0 Å². The summed E-state index contributed by atoms with van der Waals surface area (Å²) in [4.78, 5) is 12.5. The number of benzene rings is 1. The summed E-state index contributed by atoms with van der Waals surface area (Å²) in [5.41, 5.74) is 0.676. The van der Waals surface area contributed by atoms with Crippen LogP contribution >= 0.6 is 0 Å². The molecule has 20 heavy (non-hydrogen) atoms. The molecule has 1 heterocycles. The van der Waals surface area contributed by atoms with E-state index in [-0.39, 0.29) is 6.04 Å². The van der Waals surface area contributed by atoms with Crippen LogP contribution < -0.4 is 4.90 Å². The summed E-state index contributed by atoms with van der Waals surface area (Å²) >= 11 is 0. The molecule has 1 atom stereocenters. The van der Waals surface area contributed by atoms with E-state index in [1.54, 1.807) is 0 Å². The molecule has 1 unspecified atom stereocenters. The van der Waals surface area contributed by atoms with Crippen LogP contribution in [-0.4, -0.2) is 33.0 Å². The first-order valence-corrected chi connectivity index (χ1v) is 7.85. The van der Waals surface area contributed by atoms with Gasteiger partial charge < -0.3 is 9.69 Å². The van der Waals surface area contributed by atoms with Crippen LogP contribution in [-0.2, 0) is 14.6 Å². The number of halogens is 2. The van der Waals surface area contributed by atoms with Crippen molar-refractivity contribution in [2.45, 2.75) is 36.0 Å². The first kappa shape index (κ1) is 14.9. The molecule has 1 aliphatic rings. The van der Waals surface area contributed by atoms with E-state index in [1.807, 2.05) is 4.90 Å². The van der Waals surface area contributed by atoms with Crippen LogP contribution in [0.5, 0.6) is 0 Å². The van der Waals surface area contributed by atoms with Gasteiger partial charge in [0.25, 0.3) is 0 Å². The summed E-state index contributed by atoms with van der Waals surface area (Å²) in [6.07, 6.45) is 3.53. The molecule has 0 spiro atoms. The number of hydrogen-bond acceptors (Lipinski definition) is 4. The Balaban J connectivity index is 2.26. The largest absolute Gasteiger partial charge is 0.362 e. The molecule has 4 nitrogen and oxygen atoms in total. The van der Waals surface area contributed by atoms with Crippen molar-refractivity contribution in [3.63, 3.8) is 0 Å². The number of piperidine rings is 1. The smallest absolute Gasteiger partial charge is 0.341 e. The van der Waals surface area contributed by atoms with Gasteiger partial charge in [-0.05, 0) is 43.5 Å². The quantitative estimate of drug-likeness (QED) is 0.801. The summed E-state index contributed by atoms with van der Waals surface area (Å²) < 4.78 is 47.5. The number of alkyl halides is 2. The fourth-order valence-corrected chi connectivity index (χ4v) is 3.07. The number of anilines is 1. The molecule has 110 valence electrons. The maximum atomic E-state index is 12.4. The van der Waals surface area contributed by atoms with Crippen LogP contribution in [0.3, 0.4) is 0 Å². The van der Waals surface area contributed by atoms with Gasteiger partial charge in [0.2, 0.25) is 9.84 Å². The van der Waals surface area contributed by atoms with Crippen molar-refractivity contribution >= 4 is 21.8 Å². The van der Waals surface area contributed by atoms with Crippen molar-refractivity contribution in [1.82, 2.24) is 0 Å². The van der Waals surface area contributed by atoms with E-state index in [9.17, 15) is 22.0 Å². The molecule has 0 radical (unpaired) electrons. The second-order valence-corrected chi connectivity index (χ2v) is 6.61. The highest BCUT2D eigenvalue weighted by Gasteiger charge is 2.27. The third-order valence-electron chi connectivity index (χ3n) is 3.44. The molecule has 0 aliphatic carbocycles. The van der Waals surface area contributed by atoms with E-state index in [2.05, 4.69) is 0 Å². The van der Waals surface area contributed by atoms with Crippen molar-refractivity contribution in [2.75, 3.05) is 11.4 Å². The van der Waals surface area contributed by atoms with Crippen molar-refractivity contribution in [3.05, 3.63) is 24.3 Å². The number of carbonyl (C=O) groups is 1. The van der Waals surface area contributed by atoms with Crippen LogP contribution in [0.25, 0.3) is 0 Å². The zero-order valence-corrected chi connectivity index (χ0v) is 11.5. The predicted molar refractivity (Wildman–Crippen MR) is 70.7 cm³/mol. The molecule has 0 N–H and O–H groups in total. The number of hydrogen-bond donors (Lipinski definition) is 0. The normalized spacial score (nSPS) is 20.1. The molecular formula is C13H15F2NO3S. The van der Waals surface area contributed by atoms with Gasteiger partial charge in [-0.25, -0.2) is 8.42 Å². The molecule has 7 heteroatoms. The molecule has 0 bridgehead atoms. The lowest BCUT2D eigenvalue weighted by Gasteiger charge is -2.34. The number of rotatable bonds is 4. The zero-order chi connectivity index (χ0) is 14.8. The Morgan fingerprint density at radius 2 is 1.85 bits per heavy atom. The van der Waals surface area contributed by atoms with Gasteiger partial charge in [-0.2, -0.15) is 8.78 Å². The number of nitrogens with zero attached hydrogens (tertiary/aromatic N) is 1. The van der Waals surface area contributed by atoms with Gasteiger partial charge in [-0.15, -0.1) is 0 Å². The average molecular weight is 303 g/mol. The molecule has 1 aromatic carbocycles. The molecule has 2 rings (SSSR count). The van der Waals surface area contributed by atoms with Gasteiger partial charge in [0, 0.05) is 12.2 Å². The number of carbonyl (C=O) groups excluding carboxylic acids is 1. The van der Waals surface area contributed by atoms with Gasteiger partial charge in [0.1, 0.15) is 6.29 Å². The van der Waals surface area contributed by atoms with Gasteiger partial charge in [0.05, 0.1) is 10.9 Å². The molecule has 1 aromatic rings. The summed E-state index contributed by atoms with van der Waals surface area (Å²) in [5, 5.41) is 0. The topological polar surface area (TPSA) is 54.5 Å². The number of sulfone groups is 1. The highest BCUT2D eigenvalue weighted by atomic mass is 32.2. The molecule has 1 fully saturated rings. The average Bonchev–Trinajstić information content (AvgIpc) is 2.47. The molecule has 0 amide bonds. The van der Waals surface area contributed by atoms with Crippen LogP contribution in [0.4, 0.5) is 14.5 Å². The maximum Gasteiger partial charge on any atom is 0.341 e. The summed E-state index contributed by atoms with van der Waals surface area (Å²) in [7, 11) is -4.56. The summed E-state index contributed by atoms with van der Waals surface area (Å²) in [5.74, 6) is -3.42.